The molecule has 0 saturated carbocycles. The van der Waals surface area contributed by atoms with Crippen molar-refractivity contribution in [3.05, 3.63) is 29.8 Å². The molecule has 0 aliphatic carbocycles. The molecule has 0 amide bonds. The van der Waals surface area contributed by atoms with Gasteiger partial charge < -0.3 is 4.74 Å². The van der Waals surface area contributed by atoms with Gasteiger partial charge in [-0.3, -0.25) is 9.59 Å². The zero-order valence-corrected chi connectivity index (χ0v) is 13.9. The second kappa shape index (κ2) is 7.51. The van der Waals surface area contributed by atoms with Crippen molar-refractivity contribution >= 4 is 21.8 Å². The number of carbonyl (C=O) groups is 2. The molecule has 7 heteroatoms. The first-order valence-corrected chi connectivity index (χ1v) is 8.37. The van der Waals surface area contributed by atoms with E-state index in [4.69, 9.17) is 0 Å². The topological polar surface area (TPSA) is 89.5 Å². The molecule has 122 valence electrons. The lowest BCUT2D eigenvalue weighted by molar-refractivity contribution is -0.143. The number of methoxy groups -OCH3 is 1. The van der Waals surface area contributed by atoms with E-state index in [9.17, 15) is 18.0 Å². The van der Waals surface area contributed by atoms with Crippen molar-refractivity contribution in [1.82, 2.24) is 4.72 Å². The van der Waals surface area contributed by atoms with E-state index in [1.165, 1.54) is 38.3 Å². The average molecular weight is 327 g/mol. The van der Waals surface area contributed by atoms with E-state index in [1.807, 2.05) is 13.8 Å². The Morgan fingerprint density at radius 3 is 2.14 bits per heavy atom. The first-order chi connectivity index (χ1) is 10.2. The van der Waals surface area contributed by atoms with E-state index in [0.29, 0.717) is 12.0 Å². The smallest absolute Gasteiger partial charge is 0.323 e. The molecule has 0 spiro atoms. The van der Waals surface area contributed by atoms with Crippen LogP contribution in [-0.2, 0) is 19.6 Å². The number of nitrogens with one attached hydrogen (secondary N) is 1. The van der Waals surface area contributed by atoms with Crippen LogP contribution in [0.2, 0.25) is 0 Å². The Bertz CT molecular complexity index is 634. The molecule has 1 rings (SSSR count). The predicted molar refractivity (Wildman–Crippen MR) is 82.0 cm³/mol. The highest BCUT2D eigenvalue weighted by molar-refractivity contribution is 7.89. The Labute approximate surface area is 130 Å². The van der Waals surface area contributed by atoms with Gasteiger partial charge in [-0.25, -0.2) is 8.42 Å². The van der Waals surface area contributed by atoms with Crippen molar-refractivity contribution in [3.63, 3.8) is 0 Å². The van der Waals surface area contributed by atoms with Gasteiger partial charge in [0.1, 0.15) is 6.04 Å². The largest absolute Gasteiger partial charge is 0.468 e. The monoisotopic (exact) mass is 327 g/mol. The summed E-state index contributed by atoms with van der Waals surface area (Å²) in [5.41, 5.74) is 0.422. The molecule has 1 atom stereocenters. The molecule has 1 N–H and O–H groups in total. The SMILES string of the molecule is COC(=O)[C@H](CC(C)C)NS(=O)(=O)c1ccc(C(C)=O)cc1. The van der Waals surface area contributed by atoms with E-state index in [-0.39, 0.29) is 16.6 Å². The Hall–Kier alpha value is -1.73. The van der Waals surface area contributed by atoms with E-state index >= 15 is 0 Å². The molecule has 0 radical (unpaired) electrons. The Morgan fingerprint density at radius 1 is 1.18 bits per heavy atom. The minimum atomic E-state index is -3.86. The summed E-state index contributed by atoms with van der Waals surface area (Å²) in [4.78, 5) is 22.9. The van der Waals surface area contributed by atoms with Gasteiger partial charge in [0.2, 0.25) is 10.0 Å². The lowest BCUT2D eigenvalue weighted by Crippen LogP contribution is -2.42. The molecular weight excluding hydrogens is 306 g/mol. The lowest BCUT2D eigenvalue weighted by Gasteiger charge is -2.18. The maximum Gasteiger partial charge on any atom is 0.323 e. The van der Waals surface area contributed by atoms with Gasteiger partial charge >= 0.3 is 5.97 Å². The molecular formula is C15H21NO5S. The van der Waals surface area contributed by atoms with Gasteiger partial charge in [-0.05, 0) is 31.4 Å². The normalized spacial score (nSPS) is 13.0. The van der Waals surface area contributed by atoms with Crippen LogP contribution in [0.5, 0.6) is 0 Å². The summed E-state index contributed by atoms with van der Waals surface area (Å²) < 4.78 is 31.6. The standard InChI is InChI=1S/C15H21NO5S/c1-10(2)9-14(15(18)21-4)16-22(19,20)13-7-5-12(6-8-13)11(3)17/h5-8,10,14,16H,9H2,1-4H3/t14-/m0/s1. The van der Waals surface area contributed by atoms with E-state index in [1.54, 1.807) is 0 Å². The van der Waals surface area contributed by atoms with Crippen LogP contribution in [0.15, 0.2) is 29.2 Å². The van der Waals surface area contributed by atoms with Crippen LogP contribution in [0, 0.1) is 5.92 Å². The summed E-state index contributed by atoms with van der Waals surface area (Å²) in [5.74, 6) is -0.659. The summed E-state index contributed by atoms with van der Waals surface area (Å²) in [7, 11) is -2.65. The van der Waals surface area contributed by atoms with Crippen LogP contribution in [0.1, 0.15) is 37.6 Å². The van der Waals surface area contributed by atoms with Crippen LogP contribution in [-0.4, -0.2) is 33.3 Å². The number of esters is 1. The number of ketones is 1. The van der Waals surface area contributed by atoms with E-state index in [0.717, 1.165) is 0 Å². The summed E-state index contributed by atoms with van der Waals surface area (Å²) in [6.07, 6.45) is 0.331. The Balaban J connectivity index is 3.01. The van der Waals surface area contributed by atoms with Gasteiger partial charge in [0, 0.05) is 5.56 Å². The molecule has 22 heavy (non-hydrogen) atoms. The van der Waals surface area contributed by atoms with E-state index < -0.39 is 22.0 Å². The molecule has 0 aliphatic heterocycles. The minimum Gasteiger partial charge on any atom is -0.468 e. The van der Waals surface area contributed by atoms with Gasteiger partial charge in [0.25, 0.3) is 0 Å². The van der Waals surface area contributed by atoms with Crippen molar-refractivity contribution in [2.45, 2.75) is 38.1 Å². The zero-order chi connectivity index (χ0) is 16.9. The number of Topliss-reactive ketones (excluding diaryl/α,β-unsaturated/α-hetero) is 1. The number of ether oxygens (including phenoxy) is 1. The fourth-order valence-corrected chi connectivity index (χ4v) is 3.13. The summed E-state index contributed by atoms with van der Waals surface area (Å²) >= 11 is 0. The van der Waals surface area contributed by atoms with Crippen LogP contribution in [0.25, 0.3) is 0 Å². The molecule has 6 nitrogen and oxygen atoms in total. The molecule has 0 aliphatic rings. The van der Waals surface area contributed by atoms with Gasteiger partial charge in [0.05, 0.1) is 12.0 Å². The molecule has 0 bridgehead atoms. The first-order valence-electron chi connectivity index (χ1n) is 6.88. The van der Waals surface area contributed by atoms with Crippen molar-refractivity contribution in [3.8, 4) is 0 Å². The highest BCUT2D eigenvalue weighted by atomic mass is 32.2. The molecule has 0 heterocycles. The summed E-state index contributed by atoms with van der Waals surface area (Å²) in [6, 6.07) is 4.60. The van der Waals surface area contributed by atoms with Gasteiger partial charge in [0.15, 0.2) is 5.78 Å². The molecule has 0 fully saturated rings. The molecule has 1 aromatic carbocycles. The Kier molecular flexibility index (Phi) is 6.25. The maximum absolute atomic E-state index is 12.3. The van der Waals surface area contributed by atoms with Crippen molar-refractivity contribution in [2.24, 2.45) is 5.92 Å². The summed E-state index contributed by atoms with van der Waals surface area (Å²) in [5, 5.41) is 0. The van der Waals surface area contributed by atoms with Crippen molar-refractivity contribution in [1.29, 1.82) is 0 Å². The van der Waals surface area contributed by atoms with Crippen molar-refractivity contribution < 1.29 is 22.7 Å². The number of hydrogen-bond acceptors (Lipinski definition) is 5. The fraction of sp³-hybridized carbons (Fsp3) is 0.467. The zero-order valence-electron chi connectivity index (χ0n) is 13.1. The predicted octanol–water partition coefficient (Wildman–Crippen LogP) is 1.76. The van der Waals surface area contributed by atoms with Crippen LogP contribution >= 0.6 is 0 Å². The van der Waals surface area contributed by atoms with Crippen LogP contribution in [0.4, 0.5) is 0 Å². The van der Waals surface area contributed by atoms with Crippen molar-refractivity contribution in [2.75, 3.05) is 7.11 Å². The van der Waals surface area contributed by atoms with Gasteiger partial charge in [-0.2, -0.15) is 4.72 Å². The number of carbonyl (C=O) groups excluding carboxylic acids is 2. The molecule has 0 unspecified atom stereocenters. The minimum absolute atomic E-state index is 0.00448. The maximum atomic E-state index is 12.3. The quantitative estimate of drug-likeness (QED) is 0.609. The second-order valence-corrected chi connectivity index (χ2v) is 7.12. The lowest BCUT2D eigenvalue weighted by atomic mass is 10.1. The highest BCUT2D eigenvalue weighted by Crippen LogP contribution is 2.14. The van der Waals surface area contributed by atoms with Crippen LogP contribution in [0.3, 0.4) is 0 Å². The number of sulfonamides is 1. The average Bonchev–Trinajstić information content (AvgIpc) is 2.45. The highest BCUT2D eigenvalue weighted by Gasteiger charge is 2.27. The third-order valence-corrected chi connectivity index (χ3v) is 4.55. The molecule has 0 saturated heterocycles. The number of hydrogen-bond donors (Lipinski definition) is 1. The fourth-order valence-electron chi connectivity index (χ4n) is 1.93. The Morgan fingerprint density at radius 2 is 1.73 bits per heavy atom. The summed E-state index contributed by atoms with van der Waals surface area (Å²) in [6.45, 7) is 5.16. The first kappa shape index (κ1) is 18.3. The third kappa shape index (κ3) is 4.92. The molecule has 1 aromatic rings. The van der Waals surface area contributed by atoms with Gasteiger partial charge in [-0.1, -0.05) is 26.0 Å². The van der Waals surface area contributed by atoms with Crippen LogP contribution < -0.4 is 4.72 Å². The van der Waals surface area contributed by atoms with Gasteiger partial charge in [-0.15, -0.1) is 0 Å². The molecule has 0 aromatic heterocycles. The third-order valence-electron chi connectivity index (χ3n) is 3.06. The van der Waals surface area contributed by atoms with E-state index in [2.05, 4.69) is 9.46 Å². The number of rotatable bonds is 7. The number of benzene rings is 1. The second-order valence-electron chi connectivity index (χ2n) is 5.41.